The number of hydrogen-bond donors (Lipinski definition) is 0. The third-order valence-electron chi connectivity index (χ3n) is 3.39. The lowest BCUT2D eigenvalue weighted by molar-refractivity contribution is 0.247. The zero-order chi connectivity index (χ0) is 11.9. The van der Waals surface area contributed by atoms with Crippen LogP contribution >= 0.6 is 0 Å². The normalized spacial score (nSPS) is 21.8. The highest BCUT2D eigenvalue weighted by Crippen LogP contribution is 2.29. The first-order valence-electron chi connectivity index (χ1n) is 5.42. The fraction of sp³-hybridized carbons (Fsp3) is 0.500. The van der Waals surface area contributed by atoms with Gasteiger partial charge in [0.05, 0.1) is 4.90 Å². The molecule has 4 heteroatoms. The van der Waals surface area contributed by atoms with Crippen LogP contribution in [0.15, 0.2) is 23.1 Å². The van der Waals surface area contributed by atoms with Gasteiger partial charge in [-0.25, -0.2) is 8.42 Å². The Balaban J connectivity index is 2.49. The first kappa shape index (κ1) is 11.6. The molecule has 2 rings (SSSR count). The number of likely N-dealkylation sites (N-methyl/N-ethyl adjacent to an activating group) is 1. The van der Waals surface area contributed by atoms with E-state index in [-0.39, 0.29) is 0 Å². The Labute approximate surface area is 97.0 Å². The number of nitrogens with zero attached hydrogens (tertiary/aromatic N) is 1. The SMILES string of the molecule is CC1c2ccc(S(C)(=O)=O)cc2CCN1C. The van der Waals surface area contributed by atoms with Gasteiger partial charge in [-0.2, -0.15) is 0 Å². The van der Waals surface area contributed by atoms with E-state index in [2.05, 4.69) is 18.9 Å². The summed E-state index contributed by atoms with van der Waals surface area (Å²) in [5.74, 6) is 0. The van der Waals surface area contributed by atoms with E-state index in [9.17, 15) is 8.42 Å². The molecule has 0 amide bonds. The summed E-state index contributed by atoms with van der Waals surface area (Å²) >= 11 is 0. The standard InChI is InChI=1S/C12H17NO2S/c1-9-12-5-4-11(16(3,14)15)8-10(12)6-7-13(9)2/h4-5,8-9H,6-7H2,1-3H3. The molecular formula is C12H17NO2S. The second kappa shape index (κ2) is 3.86. The molecule has 1 aromatic carbocycles. The fourth-order valence-electron chi connectivity index (χ4n) is 2.16. The Hall–Kier alpha value is -0.870. The molecule has 1 unspecified atom stereocenters. The number of benzene rings is 1. The summed E-state index contributed by atoms with van der Waals surface area (Å²) in [6.45, 7) is 3.14. The molecule has 88 valence electrons. The van der Waals surface area contributed by atoms with Gasteiger partial charge in [0, 0.05) is 18.8 Å². The molecule has 0 aromatic heterocycles. The van der Waals surface area contributed by atoms with Gasteiger partial charge in [0.15, 0.2) is 9.84 Å². The van der Waals surface area contributed by atoms with Gasteiger partial charge in [-0.3, -0.25) is 4.90 Å². The molecule has 0 saturated heterocycles. The van der Waals surface area contributed by atoms with Gasteiger partial charge in [0.25, 0.3) is 0 Å². The van der Waals surface area contributed by atoms with Gasteiger partial charge in [0.2, 0.25) is 0 Å². The third kappa shape index (κ3) is 1.99. The van der Waals surface area contributed by atoms with Crippen molar-refractivity contribution in [2.45, 2.75) is 24.3 Å². The predicted molar refractivity (Wildman–Crippen MR) is 64.3 cm³/mol. The average molecular weight is 239 g/mol. The molecule has 16 heavy (non-hydrogen) atoms. The van der Waals surface area contributed by atoms with E-state index in [0.717, 1.165) is 13.0 Å². The molecule has 0 saturated carbocycles. The van der Waals surface area contributed by atoms with E-state index in [1.807, 2.05) is 12.1 Å². The summed E-state index contributed by atoms with van der Waals surface area (Å²) in [6, 6.07) is 5.86. The molecule has 1 atom stereocenters. The number of fused-ring (bicyclic) bond motifs is 1. The lowest BCUT2D eigenvalue weighted by atomic mass is 9.94. The van der Waals surface area contributed by atoms with E-state index >= 15 is 0 Å². The molecular weight excluding hydrogens is 222 g/mol. The van der Waals surface area contributed by atoms with Crippen molar-refractivity contribution in [1.82, 2.24) is 4.90 Å². The van der Waals surface area contributed by atoms with Crippen LogP contribution in [0.3, 0.4) is 0 Å². The molecule has 1 aliphatic rings. The fourth-order valence-corrected chi connectivity index (χ4v) is 2.84. The maximum Gasteiger partial charge on any atom is 0.175 e. The van der Waals surface area contributed by atoms with Crippen molar-refractivity contribution in [1.29, 1.82) is 0 Å². The molecule has 3 nitrogen and oxygen atoms in total. The molecule has 0 bridgehead atoms. The highest BCUT2D eigenvalue weighted by atomic mass is 32.2. The van der Waals surface area contributed by atoms with Crippen LogP contribution in [0, 0.1) is 0 Å². The molecule has 0 aliphatic carbocycles. The Bertz CT molecular complexity index is 508. The van der Waals surface area contributed by atoms with Crippen LogP contribution < -0.4 is 0 Å². The predicted octanol–water partition coefficient (Wildman–Crippen LogP) is 1.64. The maximum atomic E-state index is 11.5. The van der Waals surface area contributed by atoms with Crippen molar-refractivity contribution < 1.29 is 8.42 Å². The molecule has 1 aromatic rings. The first-order valence-corrected chi connectivity index (χ1v) is 7.32. The van der Waals surface area contributed by atoms with Crippen LogP contribution in [-0.2, 0) is 16.3 Å². The van der Waals surface area contributed by atoms with Crippen molar-refractivity contribution in [3.8, 4) is 0 Å². The van der Waals surface area contributed by atoms with Gasteiger partial charge in [-0.1, -0.05) is 6.07 Å². The Kier molecular flexibility index (Phi) is 2.80. The van der Waals surface area contributed by atoms with Crippen LogP contribution in [-0.4, -0.2) is 33.2 Å². The first-order chi connectivity index (χ1) is 7.39. The minimum Gasteiger partial charge on any atom is -0.299 e. The highest BCUT2D eigenvalue weighted by molar-refractivity contribution is 7.90. The van der Waals surface area contributed by atoms with Crippen molar-refractivity contribution >= 4 is 9.84 Å². The van der Waals surface area contributed by atoms with Crippen molar-refractivity contribution in [3.63, 3.8) is 0 Å². The van der Waals surface area contributed by atoms with E-state index in [1.54, 1.807) is 6.07 Å². The summed E-state index contributed by atoms with van der Waals surface area (Å²) < 4.78 is 22.9. The maximum absolute atomic E-state index is 11.5. The summed E-state index contributed by atoms with van der Waals surface area (Å²) in [4.78, 5) is 2.71. The highest BCUT2D eigenvalue weighted by Gasteiger charge is 2.21. The van der Waals surface area contributed by atoms with Crippen molar-refractivity contribution in [3.05, 3.63) is 29.3 Å². The summed E-state index contributed by atoms with van der Waals surface area (Å²) in [5, 5.41) is 0. The minimum atomic E-state index is -3.08. The molecule has 1 heterocycles. The topological polar surface area (TPSA) is 37.4 Å². The smallest absolute Gasteiger partial charge is 0.175 e. The zero-order valence-corrected chi connectivity index (χ0v) is 10.7. The molecule has 0 N–H and O–H groups in total. The molecule has 0 radical (unpaired) electrons. The van der Waals surface area contributed by atoms with Gasteiger partial charge < -0.3 is 0 Å². The zero-order valence-electron chi connectivity index (χ0n) is 9.90. The second-order valence-corrected chi connectivity index (χ2v) is 6.56. The summed E-state index contributed by atoms with van der Waals surface area (Å²) in [7, 11) is -0.986. The Morgan fingerprint density at radius 3 is 2.69 bits per heavy atom. The Morgan fingerprint density at radius 1 is 1.38 bits per heavy atom. The molecule has 0 spiro atoms. The quantitative estimate of drug-likeness (QED) is 0.747. The van der Waals surface area contributed by atoms with Gasteiger partial charge in [0.1, 0.15) is 0 Å². The minimum absolute atomic E-state index is 0.373. The molecule has 0 fully saturated rings. The molecule has 1 aliphatic heterocycles. The third-order valence-corrected chi connectivity index (χ3v) is 4.50. The summed E-state index contributed by atoms with van der Waals surface area (Å²) in [5.41, 5.74) is 2.43. The van der Waals surface area contributed by atoms with Gasteiger partial charge >= 0.3 is 0 Å². The van der Waals surface area contributed by atoms with Crippen LogP contribution in [0.5, 0.6) is 0 Å². The van der Waals surface area contributed by atoms with Gasteiger partial charge in [-0.15, -0.1) is 0 Å². The lowest BCUT2D eigenvalue weighted by Crippen LogP contribution is -2.30. The number of rotatable bonds is 1. The lowest BCUT2D eigenvalue weighted by Gasteiger charge is -2.32. The van der Waals surface area contributed by atoms with Crippen molar-refractivity contribution in [2.75, 3.05) is 19.8 Å². The van der Waals surface area contributed by atoms with E-state index in [4.69, 9.17) is 0 Å². The monoisotopic (exact) mass is 239 g/mol. The second-order valence-electron chi connectivity index (χ2n) is 4.54. The Morgan fingerprint density at radius 2 is 2.06 bits per heavy atom. The van der Waals surface area contributed by atoms with Crippen LogP contribution in [0.4, 0.5) is 0 Å². The van der Waals surface area contributed by atoms with E-state index < -0.39 is 9.84 Å². The van der Waals surface area contributed by atoms with Crippen LogP contribution in [0.2, 0.25) is 0 Å². The average Bonchev–Trinajstić information content (AvgIpc) is 2.22. The number of hydrogen-bond acceptors (Lipinski definition) is 3. The van der Waals surface area contributed by atoms with E-state index in [1.165, 1.54) is 17.4 Å². The largest absolute Gasteiger partial charge is 0.299 e. The van der Waals surface area contributed by atoms with Crippen molar-refractivity contribution in [2.24, 2.45) is 0 Å². The van der Waals surface area contributed by atoms with Gasteiger partial charge in [-0.05, 0) is 43.7 Å². The van der Waals surface area contributed by atoms with Crippen LogP contribution in [0.1, 0.15) is 24.1 Å². The number of sulfone groups is 1. The van der Waals surface area contributed by atoms with Crippen LogP contribution in [0.25, 0.3) is 0 Å². The van der Waals surface area contributed by atoms with E-state index in [0.29, 0.717) is 10.9 Å². The summed E-state index contributed by atoms with van der Waals surface area (Å²) in [6.07, 6.45) is 2.19.